The summed E-state index contributed by atoms with van der Waals surface area (Å²) in [5.41, 5.74) is 13.2. The van der Waals surface area contributed by atoms with E-state index in [-0.39, 0.29) is 18.4 Å². The second-order valence-electron chi connectivity index (χ2n) is 2.68. The highest BCUT2D eigenvalue weighted by Gasteiger charge is 2.08. The molecule has 2 nitrogen and oxygen atoms in total. The van der Waals surface area contributed by atoms with E-state index in [0.717, 1.165) is 14.5 Å². The molecule has 0 unspecified atom stereocenters. The Bertz CT molecular complexity index is 302. The molecule has 1 aromatic carbocycles. The van der Waals surface area contributed by atoms with Gasteiger partial charge in [0.15, 0.2) is 0 Å². The van der Waals surface area contributed by atoms with Gasteiger partial charge in [-0.3, -0.25) is 0 Å². The zero-order valence-corrected chi connectivity index (χ0v) is 11.0. The highest BCUT2D eigenvalue weighted by molar-refractivity contribution is 9.11. The molecule has 0 aromatic heterocycles. The normalized spacial score (nSPS) is 12.0. The van der Waals surface area contributed by atoms with Gasteiger partial charge in [-0.1, -0.05) is 15.9 Å². The first kappa shape index (κ1) is 13.2. The SMILES string of the molecule is C[C@H](N)c1cc(Br)cc(Br)c1N.Cl. The van der Waals surface area contributed by atoms with Crippen molar-refractivity contribution in [2.24, 2.45) is 5.73 Å². The number of rotatable bonds is 1. The molecule has 13 heavy (non-hydrogen) atoms. The van der Waals surface area contributed by atoms with Crippen LogP contribution in [0.5, 0.6) is 0 Å². The number of nitrogen functional groups attached to an aromatic ring is 1. The van der Waals surface area contributed by atoms with Crippen LogP contribution in [0.4, 0.5) is 5.69 Å². The third-order valence-electron chi connectivity index (χ3n) is 1.62. The molecule has 0 aliphatic carbocycles. The summed E-state index contributed by atoms with van der Waals surface area (Å²) in [4.78, 5) is 0. The van der Waals surface area contributed by atoms with Crippen molar-refractivity contribution in [2.45, 2.75) is 13.0 Å². The first-order chi connectivity index (χ1) is 5.52. The largest absolute Gasteiger partial charge is 0.398 e. The topological polar surface area (TPSA) is 52.0 Å². The summed E-state index contributed by atoms with van der Waals surface area (Å²) in [5, 5.41) is 0. The summed E-state index contributed by atoms with van der Waals surface area (Å²) in [5.74, 6) is 0. The van der Waals surface area contributed by atoms with Gasteiger partial charge in [-0.2, -0.15) is 0 Å². The predicted octanol–water partition coefficient (Wildman–Crippen LogP) is 3.24. The van der Waals surface area contributed by atoms with Crippen molar-refractivity contribution in [3.05, 3.63) is 26.6 Å². The number of halogens is 3. The number of hydrogen-bond acceptors (Lipinski definition) is 2. The summed E-state index contributed by atoms with van der Waals surface area (Å²) in [6, 6.07) is 3.80. The maximum absolute atomic E-state index is 5.80. The van der Waals surface area contributed by atoms with Gasteiger partial charge < -0.3 is 11.5 Å². The van der Waals surface area contributed by atoms with Gasteiger partial charge in [0.2, 0.25) is 0 Å². The van der Waals surface area contributed by atoms with E-state index in [1.54, 1.807) is 0 Å². The van der Waals surface area contributed by atoms with Crippen LogP contribution in [0, 0.1) is 0 Å². The lowest BCUT2D eigenvalue weighted by Crippen LogP contribution is -2.08. The van der Waals surface area contributed by atoms with E-state index in [0.29, 0.717) is 5.69 Å². The molecule has 1 atom stereocenters. The predicted molar refractivity (Wildman–Crippen MR) is 66.1 cm³/mol. The van der Waals surface area contributed by atoms with Crippen LogP contribution < -0.4 is 11.5 Å². The summed E-state index contributed by atoms with van der Waals surface area (Å²) in [7, 11) is 0. The fourth-order valence-corrected chi connectivity index (χ4v) is 2.24. The van der Waals surface area contributed by atoms with Gasteiger partial charge in [-0.25, -0.2) is 0 Å². The monoisotopic (exact) mass is 328 g/mol. The van der Waals surface area contributed by atoms with Gasteiger partial charge >= 0.3 is 0 Å². The lowest BCUT2D eigenvalue weighted by molar-refractivity contribution is 0.820. The van der Waals surface area contributed by atoms with E-state index >= 15 is 0 Å². The Kier molecular flexibility index (Phi) is 5.29. The van der Waals surface area contributed by atoms with Crippen LogP contribution in [0.15, 0.2) is 21.1 Å². The fourth-order valence-electron chi connectivity index (χ4n) is 0.981. The lowest BCUT2D eigenvalue weighted by atomic mass is 10.1. The molecule has 74 valence electrons. The first-order valence-electron chi connectivity index (χ1n) is 3.52. The van der Waals surface area contributed by atoms with Gasteiger partial charge in [-0.15, -0.1) is 12.4 Å². The van der Waals surface area contributed by atoms with Crippen molar-refractivity contribution in [1.82, 2.24) is 0 Å². The standard InChI is InChI=1S/C8H10Br2N2.ClH/c1-4(11)6-2-5(9)3-7(10)8(6)12;/h2-4H,11-12H2,1H3;1H/t4-;/m0./s1. The molecule has 0 radical (unpaired) electrons. The van der Waals surface area contributed by atoms with Crippen molar-refractivity contribution in [3.63, 3.8) is 0 Å². The van der Waals surface area contributed by atoms with Crippen LogP contribution in [0.25, 0.3) is 0 Å². The summed E-state index contributed by atoms with van der Waals surface area (Å²) >= 11 is 6.73. The highest BCUT2D eigenvalue weighted by Crippen LogP contribution is 2.30. The number of benzene rings is 1. The van der Waals surface area contributed by atoms with Crippen LogP contribution in [-0.2, 0) is 0 Å². The smallest absolute Gasteiger partial charge is 0.0507 e. The molecule has 0 spiro atoms. The lowest BCUT2D eigenvalue weighted by Gasteiger charge is -2.11. The van der Waals surface area contributed by atoms with Crippen molar-refractivity contribution >= 4 is 50.0 Å². The molecule has 0 heterocycles. The molecule has 0 aliphatic heterocycles. The van der Waals surface area contributed by atoms with E-state index in [1.165, 1.54) is 0 Å². The van der Waals surface area contributed by atoms with E-state index in [9.17, 15) is 0 Å². The fraction of sp³-hybridized carbons (Fsp3) is 0.250. The molecule has 1 rings (SSSR count). The molecular formula is C8H11Br2ClN2. The minimum absolute atomic E-state index is 0. The van der Waals surface area contributed by atoms with Crippen molar-refractivity contribution in [3.8, 4) is 0 Å². The molecule has 4 N–H and O–H groups in total. The Morgan fingerprint density at radius 1 is 1.31 bits per heavy atom. The van der Waals surface area contributed by atoms with Crippen LogP contribution in [0.1, 0.15) is 18.5 Å². The third kappa shape index (κ3) is 3.13. The van der Waals surface area contributed by atoms with Crippen molar-refractivity contribution in [2.75, 3.05) is 5.73 Å². The Morgan fingerprint density at radius 2 is 1.85 bits per heavy atom. The van der Waals surface area contributed by atoms with Crippen LogP contribution in [0.2, 0.25) is 0 Å². The average molecular weight is 330 g/mol. The Balaban J connectivity index is 0.00000144. The average Bonchev–Trinajstić information content (AvgIpc) is 1.96. The molecule has 0 saturated carbocycles. The van der Waals surface area contributed by atoms with E-state index < -0.39 is 0 Å². The quantitative estimate of drug-likeness (QED) is 0.777. The van der Waals surface area contributed by atoms with Crippen LogP contribution >= 0.6 is 44.3 Å². The van der Waals surface area contributed by atoms with E-state index in [4.69, 9.17) is 11.5 Å². The van der Waals surface area contributed by atoms with Gasteiger partial charge in [0.05, 0.1) is 5.69 Å². The molecular weight excluding hydrogens is 319 g/mol. The molecule has 0 amide bonds. The highest BCUT2D eigenvalue weighted by atomic mass is 79.9. The van der Waals surface area contributed by atoms with Crippen molar-refractivity contribution in [1.29, 1.82) is 0 Å². The number of nitrogens with two attached hydrogens (primary N) is 2. The second kappa shape index (κ2) is 5.20. The van der Waals surface area contributed by atoms with Crippen molar-refractivity contribution < 1.29 is 0 Å². The molecule has 0 saturated heterocycles. The summed E-state index contributed by atoms with van der Waals surface area (Å²) in [6.45, 7) is 1.91. The van der Waals surface area contributed by atoms with E-state index in [2.05, 4.69) is 31.9 Å². The number of anilines is 1. The second-order valence-corrected chi connectivity index (χ2v) is 4.45. The zero-order valence-electron chi connectivity index (χ0n) is 7.05. The Morgan fingerprint density at radius 3 is 2.31 bits per heavy atom. The van der Waals surface area contributed by atoms with Gasteiger partial charge in [-0.05, 0) is 40.5 Å². The van der Waals surface area contributed by atoms with Crippen LogP contribution in [0.3, 0.4) is 0 Å². The number of hydrogen-bond donors (Lipinski definition) is 2. The summed E-state index contributed by atoms with van der Waals surface area (Å²) < 4.78 is 1.86. The third-order valence-corrected chi connectivity index (χ3v) is 2.73. The minimum atomic E-state index is -0.0428. The zero-order chi connectivity index (χ0) is 9.30. The molecule has 0 aliphatic rings. The summed E-state index contributed by atoms with van der Waals surface area (Å²) in [6.07, 6.45) is 0. The van der Waals surface area contributed by atoms with E-state index in [1.807, 2.05) is 19.1 Å². The van der Waals surface area contributed by atoms with Gasteiger partial charge in [0.1, 0.15) is 0 Å². The van der Waals surface area contributed by atoms with Crippen LogP contribution in [-0.4, -0.2) is 0 Å². The minimum Gasteiger partial charge on any atom is -0.398 e. The van der Waals surface area contributed by atoms with Gasteiger partial charge in [0, 0.05) is 15.0 Å². The maximum atomic E-state index is 5.80. The molecule has 0 fully saturated rings. The Hall–Kier alpha value is 0.230. The first-order valence-corrected chi connectivity index (χ1v) is 5.11. The molecule has 0 bridgehead atoms. The Labute approximate surface area is 101 Å². The molecule has 5 heteroatoms. The molecule has 1 aromatic rings. The van der Waals surface area contributed by atoms with Gasteiger partial charge in [0.25, 0.3) is 0 Å². The maximum Gasteiger partial charge on any atom is 0.0507 e.